The number of allylic oxidation sites excluding steroid dienone is 4. The molecule has 3 atom stereocenters. The number of esters is 2. The molecule has 1 unspecified atom stereocenters. The van der Waals surface area contributed by atoms with Crippen molar-refractivity contribution in [3.05, 3.63) is 24.3 Å². The Hall–Kier alpha value is -1.55. The summed E-state index contributed by atoms with van der Waals surface area (Å²) in [6.45, 7) is 2.29. The second kappa shape index (κ2) is 34.9. The summed E-state index contributed by atoms with van der Waals surface area (Å²) in [5.74, 6) is -0.938. The van der Waals surface area contributed by atoms with Gasteiger partial charge in [-0.25, -0.2) is 4.57 Å². The number of carbonyl (C=O) groups is 2. The normalized spacial score (nSPS) is 14.3. The Morgan fingerprint density at radius 3 is 1.47 bits per heavy atom. The highest BCUT2D eigenvalue weighted by atomic mass is 31.2. The van der Waals surface area contributed by atoms with E-state index < -0.39 is 51.8 Å². The van der Waals surface area contributed by atoms with Gasteiger partial charge in [0.25, 0.3) is 0 Å². The fraction of sp³-hybridized carbons (Fsp3) is 0.842. The Morgan fingerprint density at radius 2 is 1.00 bits per heavy atom. The van der Waals surface area contributed by atoms with Crippen molar-refractivity contribution >= 4 is 19.8 Å². The fourth-order valence-electron chi connectivity index (χ4n) is 5.01. The van der Waals surface area contributed by atoms with Crippen LogP contribution < -0.4 is 0 Å². The van der Waals surface area contributed by atoms with Crippen molar-refractivity contribution in [3.8, 4) is 0 Å². The topological polar surface area (TPSA) is 149 Å². The van der Waals surface area contributed by atoms with E-state index in [0.29, 0.717) is 12.8 Å². The van der Waals surface area contributed by atoms with Gasteiger partial charge in [-0.3, -0.25) is 18.6 Å². The van der Waals surface area contributed by atoms with Crippen molar-refractivity contribution < 1.29 is 47.8 Å². The van der Waals surface area contributed by atoms with Gasteiger partial charge in [-0.05, 0) is 51.4 Å². The minimum absolute atomic E-state index is 0.174. The molecule has 3 N–H and O–H groups in total. The maximum Gasteiger partial charge on any atom is 0.472 e. The van der Waals surface area contributed by atoms with Gasteiger partial charge in [-0.2, -0.15) is 0 Å². The summed E-state index contributed by atoms with van der Waals surface area (Å²) >= 11 is 0. The van der Waals surface area contributed by atoms with Gasteiger partial charge in [0, 0.05) is 12.8 Å². The van der Waals surface area contributed by atoms with Gasteiger partial charge in [0.2, 0.25) is 0 Å². The predicted octanol–water partition coefficient (Wildman–Crippen LogP) is 9.44. The lowest BCUT2D eigenvalue weighted by Crippen LogP contribution is -2.29. The van der Waals surface area contributed by atoms with Crippen LogP contribution in [-0.2, 0) is 32.7 Å². The molecule has 0 spiro atoms. The minimum atomic E-state index is -4.61. The molecule has 0 rings (SSSR count). The van der Waals surface area contributed by atoms with Crippen molar-refractivity contribution in [1.82, 2.24) is 0 Å². The molecule has 0 fully saturated rings. The Bertz CT molecular complexity index is 879. The molecule has 0 aliphatic heterocycles. The van der Waals surface area contributed by atoms with Crippen LogP contribution in [0.4, 0.5) is 0 Å². The molecule has 0 aromatic rings. The zero-order valence-corrected chi connectivity index (χ0v) is 31.8. The molecule has 0 heterocycles. The molecule has 0 aliphatic carbocycles. The molecule has 0 aliphatic rings. The number of rotatable bonds is 36. The number of phosphoric acid groups is 1. The molecule has 0 saturated heterocycles. The van der Waals surface area contributed by atoms with Gasteiger partial charge >= 0.3 is 19.8 Å². The number of hydrogen-bond acceptors (Lipinski definition) is 9. The van der Waals surface area contributed by atoms with E-state index >= 15 is 0 Å². The third-order valence-electron chi connectivity index (χ3n) is 8.08. The molecule has 0 aromatic heterocycles. The van der Waals surface area contributed by atoms with Crippen LogP contribution in [0.25, 0.3) is 0 Å². The summed E-state index contributed by atoms with van der Waals surface area (Å²) in [5, 5.41) is 18.3. The summed E-state index contributed by atoms with van der Waals surface area (Å²) in [6, 6.07) is 0. The van der Waals surface area contributed by atoms with E-state index in [0.717, 1.165) is 57.8 Å². The molecule has 0 amide bonds. The fourth-order valence-corrected chi connectivity index (χ4v) is 5.80. The van der Waals surface area contributed by atoms with Gasteiger partial charge in [0.05, 0.1) is 19.8 Å². The van der Waals surface area contributed by atoms with Gasteiger partial charge < -0.3 is 24.6 Å². The highest BCUT2D eigenvalue weighted by molar-refractivity contribution is 7.47. The van der Waals surface area contributed by atoms with E-state index in [1.54, 1.807) is 0 Å². The predicted molar refractivity (Wildman–Crippen MR) is 196 cm³/mol. The highest BCUT2D eigenvalue weighted by Crippen LogP contribution is 2.43. The minimum Gasteiger partial charge on any atom is -0.462 e. The van der Waals surface area contributed by atoms with Crippen LogP contribution in [0.1, 0.15) is 168 Å². The lowest BCUT2D eigenvalue weighted by Gasteiger charge is -2.20. The van der Waals surface area contributed by atoms with Gasteiger partial charge in [0.15, 0.2) is 6.10 Å². The van der Waals surface area contributed by atoms with E-state index in [1.165, 1.54) is 70.6 Å². The van der Waals surface area contributed by atoms with Crippen LogP contribution in [0.3, 0.4) is 0 Å². The first-order valence-corrected chi connectivity index (χ1v) is 20.8. The Kier molecular flexibility index (Phi) is 33.8. The molecule has 10 nitrogen and oxygen atoms in total. The van der Waals surface area contributed by atoms with Gasteiger partial charge in [-0.15, -0.1) is 0 Å². The molecule has 0 radical (unpaired) electrons. The third-order valence-corrected chi connectivity index (χ3v) is 9.03. The third kappa shape index (κ3) is 34.7. The van der Waals surface area contributed by atoms with E-state index in [4.69, 9.17) is 19.1 Å². The number of hydrogen-bond donors (Lipinski definition) is 3. The van der Waals surface area contributed by atoms with Crippen LogP contribution in [0, 0.1) is 0 Å². The maximum atomic E-state index is 12.5. The molecular formula is C38H71O10P. The lowest BCUT2D eigenvalue weighted by atomic mass is 10.1. The second-order valence-electron chi connectivity index (χ2n) is 12.9. The van der Waals surface area contributed by atoms with Crippen LogP contribution in [-0.4, -0.2) is 65.7 Å². The molecule has 0 aromatic carbocycles. The zero-order valence-electron chi connectivity index (χ0n) is 30.9. The number of unbranched alkanes of at least 4 members (excludes halogenated alkanes) is 18. The number of aliphatic hydroxyl groups is 2. The maximum absolute atomic E-state index is 12.5. The van der Waals surface area contributed by atoms with Crippen LogP contribution >= 0.6 is 7.82 Å². The number of carbonyl (C=O) groups excluding carboxylic acids is 2. The highest BCUT2D eigenvalue weighted by Gasteiger charge is 2.27. The van der Waals surface area contributed by atoms with Crippen molar-refractivity contribution in [2.45, 2.75) is 180 Å². The van der Waals surface area contributed by atoms with Crippen molar-refractivity contribution in [2.75, 3.05) is 26.4 Å². The summed E-state index contributed by atoms with van der Waals surface area (Å²) in [4.78, 5) is 34.8. The second-order valence-corrected chi connectivity index (χ2v) is 14.4. The smallest absolute Gasteiger partial charge is 0.462 e. The molecular weight excluding hydrogens is 647 g/mol. The van der Waals surface area contributed by atoms with Gasteiger partial charge in [0.1, 0.15) is 12.7 Å². The largest absolute Gasteiger partial charge is 0.472 e. The lowest BCUT2D eigenvalue weighted by molar-refractivity contribution is -0.161. The Balaban J connectivity index is 4.34. The molecule has 288 valence electrons. The van der Waals surface area contributed by atoms with Crippen molar-refractivity contribution in [3.63, 3.8) is 0 Å². The van der Waals surface area contributed by atoms with Crippen LogP contribution in [0.15, 0.2) is 24.3 Å². The Labute approximate surface area is 298 Å². The summed E-state index contributed by atoms with van der Waals surface area (Å²) in [7, 11) is -4.61. The molecule has 11 heteroatoms. The average molecular weight is 719 g/mol. The number of phosphoric ester groups is 1. The summed E-state index contributed by atoms with van der Waals surface area (Å²) in [6.07, 6.45) is 31.5. The zero-order chi connectivity index (χ0) is 36.3. The molecule has 0 bridgehead atoms. The van der Waals surface area contributed by atoms with E-state index in [2.05, 4.69) is 42.7 Å². The first-order valence-electron chi connectivity index (χ1n) is 19.3. The first-order chi connectivity index (χ1) is 23.7. The summed E-state index contributed by atoms with van der Waals surface area (Å²) in [5.41, 5.74) is 0. The first kappa shape index (κ1) is 47.4. The van der Waals surface area contributed by atoms with E-state index in [9.17, 15) is 24.2 Å². The van der Waals surface area contributed by atoms with Crippen molar-refractivity contribution in [2.24, 2.45) is 0 Å². The SMILES string of the molecule is CCCC/C=C/CCCCCCCCCCCC(=O)OC[C@H](COP(=O)(O)OC[C@@H](O)CO)OC(=O)CCCCCCC/C=C/CCCC. The van der Waals surface area contributed by atoms with Gasteiger partial charge in [-0.1, -0.05) is 128 Å². The standard InChI is InChI=1S/C38H71O10P/c1-3-5-7-9-11-13-15-16-17-18-20-21-23-25-27-29-37(41)45-33-36(34-47-49(43,44)46-32-35(40)31-39)48-38(42)30-28-26-24-22-19-14-12-10-8-6-4-2/h9-12,35-36,39-40H,3-8,13-34H2,1-2H3,(H,43,44)/b11-9+,12-10+/t35-,36+/m0/s1. The average Bonchev–Trinajstić information content (AvgIpc) is 3.09. The van der Waals surface area contributed by atoms with Crippen molar-refractivity contribution in [1.29, 1.82) is 0 Å². The monoisotopic (exact) mass is 718 g/mol. The van der Waals surface area contributed by atoms with Crippen LogP contribution in [0.2, 0.25) is 0 Å². The molecule has 0 saturated carbocycles. The number of ether oxygens (including phenoxy) is 2. The summed E-state index contributed by atoms with van der Waals surface area (Å²) < 4.78 is 32.5. The number of aliphatic hydroxyl groups excluding tert-OH is 2. The quantitative estimate of drug-likeness (QED) is 0.0248. The Morgan fingerprint density at radius 1 is 0.592 bits per heavy atom. The molecule has 49 heavy (non-hydrogen) atoms. The van der Waals surface area contributed by atoms with E-state index in [-0.39, 0.29) is 19.4 Å². The van der Waals surface area contributed by atoms with Crippen LogP contribution in [0.5, 0.6) is 0 Å². The van der Waals surface area contributed by atoms with E-state index in [1.807, 2.05) is 0 Å².